The third kappa shape index (κ3) is 6.19. The molecule has 126 valence electrons. The van der Waals surface area contributed by atoms with E-state index in [4.69, 9.17) is 21.4 Å². The van der Waals surface area contributed by atoms with E-state index in [-0.39, 0.29) is 29.4 Å². The molecule has 1 unspecified atom stereocenters. The van der Waals surface area contributed by atoms with Gasteiger partial charge in [0.2, 0.25) is 5.91 Å². The number of rotatable bonds is 9. The highest BCUT2D eigenvalue weighted by atomic mass is 35.5. The second kappa shape index (κ2) is 9.03. The average molecular weight is 346 g/mol. The summed E-state index contributed by atoms with van der Waals surface area (Å²) in [6.07, 6.45) is -0.338. The smallest absolute Gasteiger partial charge is 0.321 e. The van der Waals surface area contributed by atoms with Crippen LogP contribution in [0.2, 0.25) is 5.02 Å². The monoisotopic (exact) mass is 345 g/mol. The van der Waals surface area contributed by atoms with Crippen LogP contribution in [-0.4, -0.2) is 48.2 Å². The van der Waals surface area contributed by atoms with E-state index in [2.05, 4.69) is 10.6 Å². The van der Waals surface area contributed by atoms with Crippen LogP contribution in [-0.2, 0) is 14.3 Å². The average Bonchev–Trinajstić information content (AvgIpc) is 2.48. The first-order valence-electron chi connectivity index (χ1n) is 6.54. The summed E-state index contributed by atoms with van der Waals surface area (Å²) in [5.41, 5.74) is -0.190. The zero-order valence-electron chi connectivity index (χ0n) is 12.2. The normalized spacial score (nSPS) is 11.7. The largest absolute Gasteiger partial charge is 0.480 e. The number of hydrogen-bond donors (Lipinski definition) is 3. The van der Waals surface area contributed by atoms with Gasteiger partial charge in [-0.3, -0.25) is 19.7 Å². The van der Waals surface area contributed by atoms with E-state index in [9.17, 15) is 19.7 Å². The maximum Gasteiger partial charge on any atom is 0.321 e. The van der Waals surface area contributed by atoms with Crippen molar-refractivity contribution in [2.75, 3.05) is 25.6 Å². The first-order valence-corrected chi connectivity index (χ1v) is 6.92. The Labute approximate surface area is 136 Å². The Morgan fingerprint density at radius 1 is 1.48 bits per heavy atom. The second-order valence-corrected chi connectivity index (χ2v) is 4.92. The van der Waals surface area contributed by atoms with Gasteiger partial charge in [0, 0.05) is 25.4 Å². The van der Waals surface area contributed by atoms with E-state index in [1.807, 2.05) is 0 Å². The molecule has 1 aromatic rings. The third-order valence-corrected chi connectivity index (χ3v) is 3.13. The molecular weight excluding hydrogens is 330 g/mol. The number of carboxylic acids is 1. The zero-order chi connectivity index (χ0) is 17.4. The van der Waals surface area contributed by atoms with Crippen LogP contribution in [0.25, 0.3) is 0 Å². The number of nitrogens with one attached hydrogen (secondary N) is 2. The van der Waals surface area contributed by atoms with Crippen molar-refractivity contribution in [3.8, 4) is 0 Å². The van der Waals surface area contributed by atoms with Gasteiger partial charge in [-0.05, 0) is 12.1 Å². The van der Waals surface area contributed by atoms with Gasteiger partial charge in [0.25, 0.3) is 5.69 Å². The Bertz CT molecular complexity index is 595. The number of halogens is 1. The van der Waals surface area contributed by atoms with Gasteiger partial charge in [0.15, 0.2) is 0 Å². The Morgan fingerprint density at radius 2 is 2.17 bits per heavy atom. The molecule has 0 aliphatic carbocycles. The van der Waals surface area contributed by atoms with Gasteiger partial charge < -0.3 is 20.5 Å². The minimum atomic E-state index is -1.18. The van der Waals surface area contributed by atoms with Crippen molar-refractivity contribution in [3.63, 3.8) is 0 Å². The summed E-state index contributed by atoms with van der Waals surface area (Å²) >= 11 is 5.67. The van der Waals surface area contributed by atoms with Crippen molar-refractivity contribution in [1.82, 2.24) is 5.32 Å². The second-order valence-electron chi connectivity index (χ2n) is 4.51. The minimum Gasteiger partial charge on any atom is -0.480 e. The van der Waals surface area contributed by atoms with Crippen molar-refractivity contribution in [3.05, 3.63) is 33.3 Å². The molecule has 0 aliphatic rings. The number of carboxylic acid groups (broad SMARTS) is 1. The lowest BCUT2D eigenvalue weighted by Gasteiger charge is -2.14. The maximum atomic E-state index is 11.9. The van der Waals surface area contributed by atoms with E-state index < -0.39 is 22.8 Å². The molecule has 0 fully saturated rings. The number of carbonyl (C=O) groups excluding carboxylic acids is 1. The SMILES string of the molecule is COCCNC(CC(=O)Nc1ccc(Cl)c([N+](=O)[O-])c1)C(=O)O. The van der Waals surface area contributed by atoms with Crippen LogP contribution in [0.5, 0.6) is 0 Å². The molecule has 0 bridgehead atoms. The Balaban J connectivity index is 2.69. The molecule has 9 nitrogen and oxygen atoms in total. The number of methoxy groups -OCH3 is 1. The number of nitro benzene ring substituents is 1. The Kier molecular flexibility index (Phi) is 7.39. The number of hydrogen-bond acceptors (Lipinski definition) is 6. The van der Waals surface area contributed by atoms with Crippen LogP contribution in [0.4, 0.5) is 11.4 Å². The highest BCUT2D eigenvalue weighted by molar-refractivity contribution is 6.32. The molecule has 0 radical (unpaired) electrons. The van der Waals surface area contributed by atoms with Gasteiger partial charge in [-0.25, -0.2) is 0 Å². The lowest BCUT2D eigenvalue weighted by Crippen LogP contribution is -2.41. The van der Waals surface area contributed by atoms with Crippen LogP contribution < -0.4 is 10.6 Å². The lowest BCUT2D eigenvalue weighted by atomic mass is 10.2. The lowest BCUT2D eigenvalue weighted by molar-refractivity contribution is -0.384. The number of nitro groups is 1. The van der Waals surface area contributed by atoms with Crippen LogP contribution in [0.15, 0.2) is 18.2 Å². The minimum absolute atomic E-state index is 0.0577. The van der Waals surface area contributed by atoms with E-state index in [0.717, 1.165) is 6.07 Å². The molecular formula is C13H16ClN3O6. The zero-order valence-corrected chi connectivity index (χ0v) is 13.0. The van der Waals surface area contributed by atoms with Crippen molar-refractivity contribution in [1.29, 1.82) is 0 Å². The highest BCUT2D eigenvalue weighted by Gasteiger charge is 2.21. The molecule has 0 saturated carbocycles. The number of anilines is 1. The van der Waals surface area contributed by atoms with Crippen LogP contribution >= 0.6 is 11.6 Å². The Morgan fingerprint density at radius 3 is 2.74 bits per heavy atom. The fraction of sp³-hybridized carbons (Fsp3) is 0.385. The molecule has 1 atom stereocenters. The third-order valence-electron chi connectivity index (χ3n) is 2.81. The van der Waals surface area contributed by atoms with Gasteiger partial charge in [0.1, 0.15) is 11.1 Å². The molecule has 23 heavy (non-hydrogen) atoms. The van der Waals surface area contributed by atoms with Crippen LogP contribution in [0.1, 0.15) is 6.42 Å². The summed E-state index contributed by atoms with van der Waals surface area (Å²) < 4.78 is 4.79. The molecule has 0 saturated heterocycles. The predicted octanol–water partition coefficient (Wildman–Crippen LogP) is 1.27. The molecule has 3 N–H and O–H groups in total. The summed E-state index contributed by atoms with van der Waals surface area (Å²) in [6, 6.07) is 2.68. The molecule has 1 aromatic carbocycles. The topological polar surface area (TPSA) is 131 Å². The number of amides is 1. The van der Waals surface area contributed by atoms with Gasteiger partial charge in [-0.2, -0.15) is 0 Å². The van der Waals surface area contributed by atoms with Crippen molar-refractivity contribution >= 4 is 34.9 Å². The van der Waals surface area contributed by atoms with Gasteiger partial charge in [-0.15, -0.1) is 0 Å². The van der Waals surface area contributed by atoms with E-state index in [1.165, 1.54) is 19.2 Å². The summed E-state index contributed by atoms with van der Waals surface area (Å²) in [5.74, 6) is -1.78. The quantitative estimate of drug-likeness (QED) is 0.349. The van der Waals surface area contributed by atoms with Crippen molar-refractivity contribution in [2.24, 2.45) is 0 Å². The predicted molar refractivity (Wildman–Crippen MR) is 82.7 cm³/mol. The first kappa shape index (κ1) is 18.8. The van der Waals surface area contributed by atoms with Gasteiger partial charge in [0.05, 0.1) is 18.0 Å². The number of aliphatic carboxylic acids is 1. The van der Waals surface area contributed by atoms with Crippen molar-refractivity contribution < 1.29 is 24.4 Å². The van der Waals surface area contributed by atoms with Crippen LogP contribution in [0, 0.1) is 10.1 Å². The van der Waals surface area contributed by atoms with E-state index in [0.29, 0.717) is 6.61 Å². The van der Waals surface area contributed by atoms with Gasteiger partial charge >= 0.3 is 5.97 Å². The highest BCUT2D eigenvalue weighted by Crippen LogP contribution is 2.27. The number of nitrogens with zero attached hydrogens (tertiary/aromatic N) is 1. The molecule has 10 heteroatoms. The molecule has 1 amide bonds. The maximum absolute atomic E-state index is 11.9. The molecule has 0 spiro atoms. The van der Waals surface area contributed by atoms with Gasteiger partial charge in [-0.1, -0.05) is 11.6 Å². The molecule has 0 heterocycles. The summed E-state index contributed by atoms with van der Waals surface area (Å²) in [5, 5.41) is 24.8. The summed E-state index contributed by atoms with van der Waals surface area (Å²) in [7, 11) is 1.47. The standard InChI is InChI=1S/C13H16ClN3O6/c1-23-5-4-15-10(13(19)20)7-12(18)16-8-2-3-9(14)11(6-8)17(21)22/h2-3,6,10,15H,4-5,7H2,1H3,(H,16,18)(H,19,20). The molecule has 1 rings (SSSR count). The first-order chi connectivity index (χ1) is 10.8. The number of benzene rings is 1. The molecule has 0 aliphatic heterocycles. The fourth-order valence-corrected chi connectivity index (χ4v) is 1.90. The van der Waals surface area contributed by atoms with E-state index >= 15 is 0 Å². The Hall–Kier alpha value is -2.23. The summed E-state index contributed by atoms with van der Waals surface area (Å²) in [6.45, 7) is 0.571. The van der Waals surface area contributed by atoms with Crippen molar-refractivity contribution in [2.45, 2.75) is 12.5 Å². The fourth-order valence-electron chi connectivity index (χ4n) is 1.71. The summed E-state index contributed by atoms with van der Waals surface area (Å²) in [4.78, 5) is 33.1. The number of carbonyl (C=O) groups is 2. The van der Waals surface area contributed by atoms with Crippen LogP contribution in [0.3, 0.4) is 0 Å². The number of ether oxygens (including phenoxy) is 1. The molecule has 0 aromatic heterocycles. The van der Waals surface area contributed by atoms with E-state index in [1.54, 1.807) is 0 Å².